The Balaban J connectivity index is 1.57. The number of hydrogen-bond donors (Lipinski definition) is 2. The van der Waals surface area contributed by atoms with Gasteiger partial charge in [-0.2, -0.15) is 0 Å². The molecule has 0 bridgehead atoms. The summed E-state index contributed by atoms with van der Waals surface area (Å²) >= 11 is 5.59. The molecule has 2 atom stereocenters. The lowest BCUT2D eigenvalue weighted by molar-refractivity contribution is 0.0888. The number of hydrogen-bond acceptors (Lipinski definition) is 6. The van der Waals surface area contributed by atoms with Gasteiger partial charge >= 0.3 is 0 Å². The van der Waals surface area contributed by atoms with E-state index >= 15 is 0 Å². The van der Waals surface area contributed by atoms with Gasteiger partial charge in [-0.1, -0.05) is 43.3 Å². The Hall–Kier alpha value is -2.61. The smallest absolute Gasteiger partial charge is 0.119 e. The van der Waals surface area contributed by atoms with E-state index in [1.807, 2.05) is 48.5 Å². The largest absolute Gasteiger partial charge is 0.491 e. The first-order valence-electron chi connectivity index (χ1n) is 10.1. The van der Waals surface area contributed by atoms with Crippen molar-refractivity contribution in [2.24, 2.45) is 0 Å². The Morgan fingerprint density at radius 1 is 0.903 bits per heavy atom. The van der Waals surface area contributed by atoms with Crippen LogP contribution in [0.1, 0.15) is 25.0 Å². The van der Waals surface area contributed by atoms with E-state index in [4.69, 9.17) is 21.1 Å². The summed E-state index contributed by atoms with van der Waals surface area (Å²) in [5.74, 6) is 1.53. The first-order valence-corrected chi connectivity index (χ1v) is 10.6. The zero-order valence-electron chi connectivity index (χ0n) is 17.7. The molecule has 1 heterocycles. The molecule has 0 amide bonds. The van der Waals surface area contributed by atoms with Crippen molar-refractivity contribution in [3.63, 3.8) is 0 Å². The number of ether oxygens (including phenoxy) is 2. The molecule has 0 saturated heterocycles. The van der Waals surface area contributed by atoms with Gasteiger partial charge in [-0.05, 0) is 35.4 Å². The highest BCUT2D eigenvalue weighted by molar-refractivity contribution is 6.18. The van der Waals surface area contributed by atoms with Crippen LogP contribution in [0.3, 0.4) is 0 Å². The third-order valence-electron chi connectivity index (χ3n) is 5.08. The standard InChI is InChI=1S/C23H28ClN3O4/c1-23(2,17-3-7-21(8-4-17)30-15-19(28)13-24)18-5-9-22(10-6-18)31-16-20(29)14-27-12-11-25-26-27/h3-12,19-20,28-29H,13-16H2,1-2H3. The third-order valence-corrected chi connectivity index (χ3v) is 5.44. The second-order valence-electron chi connectivity index (χ2n) is 7.88. The van der Waals surface area contributed by atoms with E-state index in [0.717, 1.165) is 11.1 Å². The van der Waals surface area contributed by atoms with Gasteiger partial charge in [-0.25, -0.2) is 4.68 Å². The van der Waals surface area contributed by atoms with Crippen molar-refractivity contribution < 1.29 is 19.7 Å². The van der Waals surface area contributed by atoms with Crippen molar-refractivity contribution in [2.45, 2.75) is 38.0 Å². The maximum atomic E-state index is 10.1. The molecule has 0 aliphatic carbocycles. The van der Waals surface area contributed by atoms with Crippen LogP contribution in [-0.4, -0.2) is 56.5 Å². The van der Waals surface area contributed by atoms with Crippen LogP contribution in [0.4, 0.5) is 0 Å². The minimum Gasteiger partial charge on any atom is -0.491 e. The number of benzene rings is 2. The summed E-state index contributed by atoms with van der Waals surface area (Å²) in [6.07, 6.45) is 1.91. The number of alkyl halides is 1. The van der Waals surface area contributed by atoms with Gasteiger partial charge in [0.15, 0.2) is 0 Å². The monoisotopic (exact) mass is 445 g/mol. The molecule has 0 saturated carbocycles. The SMILES string of the molecule is CC(C)(c1ccc(OCC(O)CCl)cc1)c1ccc(OCC(O)Cn2ccnn2)cc1. The molecule has 8 heteroatoms. The predicted octanol–water partition coefficient (Wildman–Crippen LogP) is 3.02. The summed E-state index contributed by atoms with van der Waals surface area (Å²) in [5, 5.41) is 27.1. The summed E-state index contributed by atoms with van der Waals surface area (Å²) in [5.41, 5.74) is 2.04. The molecule has 0 aliphatic rings. The van der Waals surface area contributed by atoms with Crippen molar-refractivity contribution in [1.29, 1.82) is 0 Å². The lowest BCUT2D eigenvalue weighted by atomic mass is 9.78. The van der Waals surface area contributed by atoms with E-state index in [0.29, 0.717) is 18.0 Å². The maximum absolute atomic E-state index is 10.1. The molecule has 0 radical (unpaired) electrons. The highest BCUT2D eigenvalue weighted by Gasteiger charge is 2.23. The zero-order chi connectivity index (χ0) is 22.3. The molecule has 31 heavy (non-hydrogen) atoms. The molecule has 2 unspecified atom stereocenters. The molecule has 0 spiro atoms. The molecule has 2 N–H and O–H groups in total. The van der Waals surface area contributed by atoms with Crippen LogP contribution < -0.4 is 9.47 Å². The Labute approximate surface area is 187 Å². The van der Waals surface area contributed by atoms with E-state index in [1.165, 1.54) is 0 Å². The zero-order valence-corrected chi connectivity index (χ0v) is 18.4. The van der Waals surface area contributed by atoms with Crippen LogP contribution in [0.15, 0.2) is 60.9 Å². The average molecular weight is 446 g/mol. The van der Waals surface area contributed by atoms with Crippen LogP contribution in [0.2, 0.25) is 0 Å². The van der Waals surface area contributed by atoms with Gasteiger partial charge in [0.1, 0.15) is 36.9 Å². The molecule has 166 valence electrons. The maximum Gasteiger partial charge on any atom is 0.119 e. The first-order chi connectivity index (χ1) is 14.9. The molecule has 3 rings (SSSR count). The minimum atomic E-state index is -0.679. The summed E-state index contributed by atoms with van der Waals surface area (Å²) < 4.78 is 12.8. The average Bonchev–Trinajstić information content (AvgIpc) is 3.29. The van der Waals surface area contributed by atoms with Gasteiger partial charge in [0.2, 0.25) is 0 Å². The fraction of sp³-hybridized carbons (Fsp3) is 0.391. The van der Waals surface area contributed by atoms with Crippen molar-refractivity contribution in [3.8, 4) is 11.5 Å². The Bertz CT molecular complexity index is 915. The fourth-order valence-corrected chi connectivity index (χ4v) is 3.22. The van der Waals surface area contributed by atoms with Crippen molar-refractivity contribution in [3.05, 3.63) is 72.1 Å². The van der Waals surface area contributed by atoms with Crippen LogP contribution in [0, 0.1) is 0 Å². The Morgan fingerprint density at radius 2 is 1.42 bits per heavy atom. The summed E-state index contributed by atoms with van der Waals surface area (Å²) in [4.78, 5) is 0. The molecule has 1 aromatic heterocycles. The van der Waals surface area contributed by atoms with Crippen LogP contribution in [0.5, 0.6) is 11.5 Å². The molecular weight excluding hydrogens is 418 g/mol. The van der Waals surface area contributed by atoms with Crippen molar-refractivity contribution >= 4 is 11.6 Å². The number of rotatable bonds is 11. The van der Waals surface area contributed by atoms with Crippen LogP contribution >= 0.6 is 11.6 Å². The van der Waals surface area contributed by atoms with E-state index in [-0.39, 0.29) is 24.5 Å². The molecule has 0 aliphatic heterocycles. The minimum absolute atomic E-state index is 0.144. The summed E-state index contributed by atoms with van der Waals surface area (Å²) in [6.45, 7) is 4.97. The summed E-state index contributed by atoms with van der Waals surface area (Å²) in [6, 6.07) is 15.7. The molecule has 2 aromatic carbocycles. The second kappa shape index (κ2) is 10.6. The number of aliphatic hydroxyl groups is 2. The lowest BCUT2D eigenvalue weighted by Gasteiger charge is -2.26. The van der Waals surface area contributed by atoms with Gasteiger partial charge in [0.25, 0.3) is 0 Å². The quantitative estimate of drug-likeness (QED) is 0.441. The van der Waals surface area contributed by atoms with Gasteiger partial charge in [0.05, 0.1) is 18.6 Å². The third kappa shape index (κ3) is 6.43. The van der Waals surface area contributed by atoms with Crippen molar-refractivity contribution in [2.75, 3.05) is 19.1 Å². The van der Waals surface area contributed by atoms with E-state index in [9.17, 15) is 10.2 Å². The van der Waals surface area contributed by atoms with Crippen molar-refractivity contribution in [1.82, 2.24) is 15.0 Å². The van der Waals surface area contributed by atoms with E-state index in [1.54, 1.807) is 17.1 Å². The molecule has 0 fully saturated rings. The predicted molar refractivity (Wildman–Crippen MR) is 119 cm³/mol. The lowest BCUT2D eigenvalue weighted by Crippen LogP contribution is -2.24. The number of aromatic nitrogens is 3. The van der Waals surface area contributed by atoms with Gasteiger partial charge in [-0.15, -0.1) is 16.7 Å². The highest BCUT2D eigenvalue weighted by Crippen LogP contribution is 2.33. The van der Waals surface area contributed by atoms with Gasteiger partial charge in [0, 0.05) is 11.6 Å². The second-order valence-corrected chi connectivity index (χ2v) is 8.19. The van der Waals surface area contributed by atoms with Crippen LogP contribution in [0.25, 0.3) is 0 Å². The summed E-state index contributed by atoms with van der Waals surface area (Å²) in [7, 11) is 0. The van der Waals surface area contributed by atoms with E-state index in [2.05, 4.69) is 24.2 Å². The number of halogens is 1. The van der Waals surface area contributed by atoms with Crippen LogP contribution in [-0.2, 0) is 12.0 Å². The molecule has 3 aromatic rings. The van der Waals surface area contributed by atoms with Gasteiger partial charge < -0.3 is 19.7 Å². The number of nitrogens with zero attached hydrogens (tertiary/aromatic N) is 3. The topological polar surface area (TPSA) is 89.6 Å². The Morgan fingerprint density at radius 3 is 1.87 bits per heavy atom. The molecular formula is C23H28ClN3O4. The number of aliphatic hydroxyl groups excluding tert-OH is 2. The van der Waals surface area contributed by atoms with E-state index < -0.39 is 12.2 Å². The molecule has 7 nitrogen and oxygen atoms in total. The fourth-order valence-electron chi connectivity index (χ4n) is 3.13. The highest BCUT2D eigenvalue weighted by atomic mass is 35.5. The van der Waals surface area contributed by atoms with Gasteiger partial charge in [-0.3, -0.25) is 0 Å². The first kappa shape index (κ1) is 23.1. The normalized spacial score (nSPS) is 13.6. The Kier molecular flexibility index (Phi) is 7.90.